The molecule has 1 aromatic heterocycles. The number of ether oxygens (including phenoxy) is 1. The first-order chi connectivity index (χ1) is 7.51. The molecule has 0 radical (unpaired) electrons. The summed E-state index contributed by atoms with van der Waals surface area (Å²) in [6.45, 7) is 7.57. The van der Waals surface area contributed by atoms with Crippen molar-refractivity contribution in [1.82, 2.24) is 9.55 Å². The van der Waals surface area contributed by atoms with Crippen molar-refractivity contribution >= 4 is 11.8 Å². The molecular formula is C9H9F2N3O2. The Morgan fingerprint density at radius 1 is 1.69 bits per heavy atom. The summed E-state index contributed by atoms with van der Waals surface area (Å²) in [5.41, 5.74) is -0.227. The summed E-state index contributed by atoms with van der Waals surface area (Å²) in [6.07, 6.45) is -2.63. The molecule has 1 rings (SSSR count). The third kappa shape index (κ3) is 2.16. The van der Waals surface area contributed by atoms with Gasteiger partial charge in [-0.1, -0.05) is 6.57 Å². The van der Waals surface area contributed by atoms with Crippen LogP contribution in [-0.2, 0) is 11.3 Å². The summed E-state index contributed by atoms with van der Waals surface area (Å²) in [7, 11) is 1.12. The number of rotatable bonds is 3. The normalized spacial score (nSPS) is 10.2. The van der Waals surface area contributed by atoms with E-state index in [9.17, 15) is 13.6 Å². The quantitative estimate of drug-likeness (QED) is 0.586. The number of aryl methyl sites for hydroxylation is 1. The average Bonchev–Trinajstić information content (AvgIpc) is 2.54. The van der Waals surface area contributed by atoms with E-state index >= 15 is 0 Å². The van der Waals surface area contributed by atoms with Crippen LogP contribution < -0.4 is 0 Å². The molecule has 86 valence electrons. The monoisotopic (exact) mass is 229 g/mol. The van der Waals surface area contributed by atoms with E-state index in [0.29, 0.717) is 0 Å². The number of alkyl halides is 2. The predicted octanol–water partition coefficient (Wildman–Crippen LogP) is 1.79. The zero-order valence-corrected chi connectivity index (χ0v) is 8.70. The molecule has 1 aromatic rings. The summed E-state index contributed by atoms with van der Waals surface area (Å²) in [4.78, 5) is 18.1. The van der Waals surface area contributed by atoms with Gasteiger partial charge in [-0.3, -0.25) is 0 Å². The number of esters is 1. The lowest BCUT2D eigenvalue weighted by Gasteiger charge is -2.07. The van der Waals surface area contributed by atoms with Gasteiger partial charge in [0.2, 0.25) is 0 Å². The molecule has 0 amide bonds. The average molecular weight is 229 g/mol. The number of hydrogen-bond acceptors (Lipinski definition) is 3. The lowest BCUT2D eigenvalue weighted by Crippen LogP contribution is -2.15. The van der Waals surface area contributed by atoms with E-state index in [-0.39, 0.29) is 17.3 Å². The Morgan fingerprint density at radius 2 is 2.31 bits per heavy atom. The van der Waals surface area contributed by atoms with Gasteiger partial charge in [-0.05, 0) is 0 Å². The van der Waals surface area contributed by atoms with Crippen molar-refractivity contribution in [3.63, 3.8) is 0 Å². The lowest BCUT2D eigenvalue weighted by atomic mass is 10.4. The van der Waals surface area contributed by atoms with E-state index < -0.39 is 18.9 Å². The molecule has 16 heavy (non-hydrogen) atoms. The number of nitrogens with zero attached hydrogens (tertiary/aromatic N) is 3. The molecule has 0 saturated carbocycles. The van der Waals surface area contributed by atoms with Crippen molar-refractivity contribution in [3.05, 3.63) is 22.9 Å². The van der Waals surface area contributed by atoms with Crippen LogP contribution in [0.2, 0.25) is 0 Å². The van der Waals surface area contributed by atoms with E-state index in [1.807, 2.05) is 0 Å². The van der Waals surface area contributed by atoms with Crippen molar-refractivity contribution in [2.75, 3.05) is 7.11 Å². The molecule has 0 spiro atoms. The van der Waals surface area contributed by atoms with E-state index in [2.05, 4.69) is 14.6 Å². The van der Waals surface area contributed by atoms with Crippen LogP contribution in [-0.4, -0.2) is 29.1 Å². The van der Waals surface area contributed by atoms with Crippen molar-refractivity contribution in [1.29, 1.82) is 0 Å². The maximum atomic E-state index is 12.3. The summed E-state index contributed by atoms with van der Waals surface area (Å²) < 4.78 is 30.0. The van der Waals surface area contributed by atoms with Gasteiger partial charge in [0.05, 0.1) is 13.7 Å². The zero-order chi connectivity index (χ0) is 12.3. The van der Waals surface area contributed by atoms with Crippen LogP contribution in [0.5, 0.6) is 0 Å². The number of halogens is 2. The van der Waals surface area contributed by atoms with Crippen LogP contribution in [0.15, 0.2) is 0 Å². The molecular weight excluding hydrogens is 220 g/mol. The molecule has 0 aliphatic rings. The highest BCUT2D eigenvalue weighted by Gasteiger charge is 2.25. The second-order valence-corrected chi connectivity index (χ2v) is 2.94. The van der Waals surface area contributed by atoms with Crippen molar-refractivity contribution < 1.29 is 18.3 Å². The number of methoxy groups -OCH3 is 1. The van der Waals surface area contributed by atoms with E-state index in [4.69, 9.17) is 6.57 Å². The fraction of sp³-hybridized carbons (Fsp3) is 0.444. The Labute approximate surface area is 90.5 Å². The van der Waals surface area contributed by atoms with Crippen LogP contribution in [0.1, 0.15) is 16.3 Å². The molecule has 0 saturated heterocycles. The van der Waals surface area contributed by atoms with Crippen LogP contribution in [0.25, 0.3) is 4.85 Å². The smallest absolute Gasteiger partial charge is 0.345 e. The predicted molar refractivity (Wildman–Crippen MR) is 50.6 cm³/mol. The highest BCUT2D eigenvalue weighted by Crippen LogP contribution is 2.21. The van der Waals surface area contributed by atoms with Crippen LogP contribution in [0, 0.1) is 13.5 Å². The minimum atomic E-state index is -2.63. The van der Waals surface area contributed by atoms with Gasteiger partial charge < -0.3 is 14.1 Å². The first-order valence-electron chi connectivity index (χ1n) is 4.32. The van der Waals surface area contributed by atoms with Gasteiger partial charge in [0.1, 0.15) is 0 Å². The maximum absolute atomic E-state index is 12.3. The fourth-order valence-corrected chi connectivity index (χ4v) is 1.29. The standard InChI is InChI=1S/C9H9F2N3O2/c1-5-13-8(12-2)7(9(15)16-3)14(5)4-6(10)11/h6H,4H2,1,3H3. The first-order valence-corrected chi connectivity index (χ1v) is 4.32. The van der Waals surface area contributed by atoms with Crippen LogP contribution in [0.3, 0.4) is 0 Å². The summed E-state index contributed by atoms with van der Waals surface area (Å²) in [5, 5.41) is 0. The number of hydrogen-bond donors (Lipinski definition) is 0. The summed E-state index contributed by atoms with van der Waals surface area (Å²) in [6, 6.07) is 0. The van der Waals surface area contributed by atoms with E-state index in [1.165, 1.54) is 6.92 Å². The number of imidazole rings is 1. The summed E-state index contributed by atoms with van der Waals surface area (Å²) >= 11 is 0. The van der Waals surface area contributed by atoms with Gasteiger partial charge in [-0.2, -0.15) is 0 Å². The van der Waals surface area contributed by atoms with Gasteiger partial charge >= 0.3 is 11.8 Å². The molecule has 7 heteroatoms. The molecule has 0 fully saturated rings. The molecule has 0 aromatic carbocycles. The molecule has 0 atom stereocenters. The topological polar surface area (TPSA) is 48.5 Å². The number of aromatic nitrogens is 2. The third-order valence-corrected chi connectivity index (χ3v) is 1.95. The van der Waals surface area contributed by atoms with Gasteiger partial charge in [0.15, 0.2) is 11.5 Å². The first kappa shape index (κ1) is 12.1. The largest absolute Gasteiger partial charge is 0.465 e. The molecule has 0 aliphatic carbocycles. The SMILES string of the molecule is [C-]#[N+]c1nc(C)n(CC(F)F)c1C(=O)OC. The molecule has 0 unspecified atom stereocenters. The Morgan fingerprint density at radius 3 is 2.75 bits per heavy atom. The molecule has 1 heterocycles. The fourth-order valence-electron chi connectivity index (χ4n) is 1.29. The van der Waals surface area contributed by atoms with E-state index in [1.54, 1.807) is 0 Å². The Balaban J connectivity index is 3.30. The van der Waals surface area contributed by atoms with Crippen LogP contribution >= 0.6 is 0 Å². The Kier molecular flexibility index (Phi) is 3.55. The van der Waals surface area contributed by atoms with Crippen molar-refractivity contribution in [2.24, 2.45) is 0 Å². The molecule has 0 bridgehead atoms. The van der Waals surface area contributed by atoms with Gasteiger partial charge in [-0.15, -0.1) is 4.98 Å². The summed E-state index contributed by atoms with van der Waals surface area (Å²) in [5.74, 6) is -0.871. The maximum Gasteiger partial charge on any atom is 0.345 e. The molecule has 0 aliphatic heterocycles. The third-order valence-electron chi connectivity index (χ3n) is 1.95. The second-order valence-electron chi connectivity index (χ2n) is 2.94. The van der Waals surface area contributed by atoms with Crippen molar-refractivity contribution in [2.45, 2.75) is 19.9 Å². The number of carbonyl (C=O) groups excluding carboxylic acids is 1. The van der Waals surface area contributed by atoms with Gasteiger partial charge in [0.25, 0.3) is 6.43 Å². The minimum absolute atomic E-state index is 0.187. The lowest BCUT2D eigenvalue weighted by molar-refractivity contribution is 0.0581. The zero-order valence-electron chi connectivity index (χ0n) is 8.70. The minimum Gasteiger partial charge on any atom is -0.465 e. The van der Waals surface area contributed by atoms with Gasteiger partial charge in [0, 0.05) is 6.92 Å². The Hall–Kier alpha value is -1.97. The number of carbonyl (C=O) groups is 1. The van der Waals surface area contributed by atoms with Gasteiger partial charge in [-0.25, -0.2) is 13.6 Å². The highest BCUT2D eigenvalue weighted by atomic mass is 19.3. The molecule has 0 N–H and O–H groups in total. The van der Waals surface area contributed by atoms with E-state index in [0.717, 1.165) is 11.7 Å². The highest BCUT2D eigenvalue weighted by molar-refractivity contribution is 5.93. The van der Waals surface area contributed by atoms with Crippen molar-refractivity contribution in [3.8, 4) is 0 Å². The Bertz CT molecular complexity index is 448. The van der Waals surface area contributed by atoms with Crippen LogP contribution in [0.4, 0.5) is 14.6 Å². The molecule has 5 nitrogen and oxygen atoms in total. The second kappa shape index (κ2) is 4.70.